The Bertz CT molecular complexity index is 971. The van der Waals surface area contributed by atoms with E-state index in [1.165, 1.54) is 0 Å². The van der Waals surface area contributed by atoms with Crippen LogP contribution in [0.25, 0.3) is 0 Å². The zero-order valence-corrected chi connectivity index (χ0v) is 17.5. The van der Waals surface area contributed by atoms with Crippen molar-refractivity contribution in [1.29, 1.82) is 0 Å². The highest BCUT2D eigenvalue weighted by atomic mass is 16.2. The molecule has 1 atom stereocenters. The molecule has 0 bridgehead atoms. The molecule has 0 aliphatic rings. The van der Waals surface area contributed by atoms with Crippen molar-refractivity contribution in [3.63, 3.8) is 0 Å². The monoisotopic (exact) mass is 400 g/mol. The van der Waals surface area contributed by atoms with Gasteiger partial charge in [-0.15, -0.1) is 0 Å². The number of rotatable bonds is 8. The summed E-state index contributed by atoms with van der Waals surface area (Å²) in [7, 11) is 1.62. The van der Waals surface area contributed by atoms with E-state index in [9.17, 15) is 9.59 Å². The number of nitrogens with zero attached hydrogens (tertiary/aromatic N) is 1. The number of carbonyl (C=O) groups excluding carboxylic acids is 2. The first kappa shape index (κ1) is 21.3. The third-order valence-electron chi connectivity index (χ3n) is 5.15. The third-order valence-corrected chi connectivity index (χ3v) is 5.15. The third kappa shape index (κ3) is 5.80. The molecule has 1 N–H and O–H groups in total. The second-order valence-electron chi connectivity index (χ2n) is 7.49. The van der Waals surface area contributed by atoms with Crippen molar-refractivity contribution in [2.24, 2.45) is 0 Å². The maximum absolute atomic E-state index is 13.4. The summed E-state index contributed by atoms with van der Waals surface area (Å²) >= 11 is 0. The molecule has 2 amide bonds. The number of likely N-dealkylation sites (N-methyl/N-ethyl adjacent to an activating group) is 1. The second kappa shape index (κ2) is 10.4. The number of hydrogen-bond acceptors (Lipinski definition) is 2. The molecule has 0 aliphatic heterocycles. The van der Waals surface area contributed by atoms with Gasteiger partial charge in [0.2, 0.25) is 11.8 Å². The first-order chi connectivity index (χ1) is 14.6. The molecular weight excluding hydrogens is 372 g/mol. The topological polar surface area (TPSA) is 49.4 Å². The Labute approximate surface area is 178 Å². The van der Waals surface area contributed by atoms with Crippen molar-refractivity contribution in [1.82, 2.24) is 10.2 Å². The Morgan fingerprint density at radius 2 is 1.43 bits per heavy atom. The highest BCUT2D eigenvalue weighted by Crippen LogP contribution is 2.17. The maximum atomic E-state index is 13.4. The number of hydrogen-bond donors (Lipinski definition) is 1. The van der Waals surface area contributed by atoms with Crippen LogP contribution in [0.2, 0.25) is 0 Å². The van der Waals surface area contributed by atoms with Gasteiger partial charge in [-0.2, -0.15) is 0 Å². The highest BCUT2D eigenvalue weighted by molar-refractivity contribution is 5.88. The molecule has 0 fully saturated rings. The number of aryl methyl sites for hydroxylation is 1. The van der Waals surface area contributed by atoms with Gasteiger partial charge in [-0.25, -0.2) is 0 Å². The average molecular weight is 401 g/mol. The average Bonchev–Trinajstić information content (AvgIpc) is 2.77. The van der Waals surface area contributed by atoms with Crippen LogP contribution in [0.1, 0.15) is 22.3 Å². The molecule has 0 spiro atoms. The van der Waals surface area contributed by atoms with Crippen molar-refractivity contribution in [2.45, 2.75) is 32.4 Å². The van der Waals surface area contributed by atoms with Crippen LogP contribution in [0.5, 0.6) is 0 Å². The van der Waals surface area contributed by atoms with Gasteiger partial charge in [-0.1, -0.05) is 90.5 Å². The molecule has 30 heavy (non-hydrogen) atoms. The molecule has 0 saturated heterocycles. The zero-order chi connectivity index (χ0) is 21.3. The lowest BCUT2D eigenvalue weighted by atomic mass is 10.0. The lowest BCUT2D eigenvalue weighted by molar-refractivity contribution is -0.140. The van der Waals surface area contributed by atoms with Gasteiger partial charge in [0, 0.05) is 20.0 Å². The van der Waals surface area contributed by atoms with Crippen molar-refractivity contribution in [3.8, 4) is 0 Å². The number of carbonyl (C=O) groups is 2. The summed E-state index contributed by atoms with van der Waals surface area (Å²) < 4.78 is 0. The molecule has 3 rings (SSSR count). The predicted octanol–water partition coefficient (Wildman–Crippen LogP) is 3.92. The lowest BCUT2D eigenvalue weighted by Crippen LogP contribution is -2.50. The van der Waals surface area contributed by atoms with E-state index in [0.29, 0.717) is 13.0 Å². The fraction of sp³-hybridized carbons (Fsp3) is 0.231. The van der Waals surface area contributed by atoms with Crippen LogP contribution in [0, 0.1) is 6.92 Å². The van der Waals surface area contributed by atoms with E-state index in [2.05, 4.69) is 11.4 Å². The van der Waals surface area contributed by atoms with Crippen molar-refractivity contribution >= 4 is 11.8 Å². The maximum Gasteiger partial charge on any atom is 0.242 e. The second-order valence-corrected chi connectivity index (χ2v) is 7.49. The van der Waals surface area contributed by atoms with Crippen LogP contribution >= 0.6 is 0 Å². The summed E-state index contributed by atoms with van der Waals surface area (Å²) in [5.74, 6) is -0.222. The quantitative estimate of drug-likeness (QED) is 0.623. The van der Waals surface area contributed by atoms with Gasteiger partial charge in [-0.3, -0.25) is 9.59 Å². The van der Waals surface area contributed by atoms with Crippen molar-refractivity contribution < 1.29 is 9.59 Å². The molecule has 4 heteroatoms. The Hall–Kier alpha value is -3.40. The Kier molecular flexibility index (Phi) is 7.39. The Morgan fingerprint density at radius 1 is 0.833 bits per heavy atom. The fourth-order valence-electron chi connectivity index (χ4n) is 3.60. The van der Waals surface area contributed by atoms with E-state index in [0.717, 1.165) is 22.3 Å². The molecule has 0 radical (unpaired) electrons. The summed E-state index contributed by atoms with van der Waals surface area (Å²) in [6.45, 7) is 2.41. The molecule has 154 valence electrons. The molecule has 0 aromatic heterocycles. The molecule has 0 saturated carbocycles. The van der Waals surface area contributed by atoms with Crippen LogP contribution in [0.3, 0.4) is 0 Å². The van der Waals surface area contributed by atoms with E-state index in [-0.39, 0.29) is 18.2 Å². The van der Waals surface area contributed by atoms with Crippen molar-refractivity contribution in [2.75, 3.05) is 7.05 Å². The summed E-state index contributed by atoms with van der Waals surface area (Å²) in [5, 5.41) is 2.75. The summed E-state index contributed by atoms with van der Waals surface area (Å²) in [6, 6.07) is 27.0. The minimum Gasteiger partial charge on any atom is -0.357 e. The molecule has 3 aromatic carbocycles. The number of benzene rings is 3. The number of amides is 2. The normalized spacial score (nSPS) is 11.5. The van der Waals surface area contributed by atoms with Crippen LogP contribution in [0.15, 0.2) is 84.9 Å². The van der Waals surface area contributed by atoms with Gasteiger partial charge in [0.05, 0.1) is 6.42 Å². The Morgan fingerprint density at radius 3 is 2.03 bits per heavy atom. The fourth-order valence-corrected chi connectivity index (χ4v) is 3.60. The van der Waals surface area contributed by atoms with E-state index in [4.69, 9.17) is 0 Å². The van der Waals surface area contributed by atoms with Crippen LogP contribution < -0.4 is 5.32 Å². The molecule has 0 unspecified atom stereocenters. The summed E-state index contributed by atoms with van der Waals surface area (Å²) in [6.07, 6.45) is 0.724. The molecular formula is C26H28N2O2. The molecule has 4 nitrogen and oxygen atoms in total. The first-order valence-electron chi connectivity index (χ1n) is 10.2. The van der Waals surface area contributed by atoms with E-state index < -0.39 is 6.04 Å². The van der Waals surface area contributed by atoms with Gasteiger partial charge in [-0.05, 0) is 23.6 Å². The standard InChI is InChI=1S/C26H28N2O2/c1-20-10-9-15-23(16-20)19-28(25(29)18-22-13-7-4-8-14-22)24(26(30)27-2)17-21-11-5-3-6-12-21/h3-16,24H,17-19H2,1-2H3,(H,27,30)/t24-/m1/s1. The molecule has 0 aliphatic carbocycles. The van der Waals surface area contributed by atoms with E-state index >= 15 is 0 Å². The largest absolute Gasteiger partial charge is 0.357 e. The SMILES string of the molecule is CNC(=O)[C@@H](Cc1ccccc1)N(Cc1cccc(C)c1)C(=O)Cc1ccccc1. The van der Waals surface area contributed by atoms with Gasteiger partial charge >= 0.3 is 0 Å². The minimum absolute atomic E-state index is 0.0627. The van der Waals surface area contributed by atoms with E-state index in [1.807, 2.05) is 85.8 Å². The van der Waals surface area contributed by atoms with Gasteiger partial charge in [0.15, 0.2) is 0 Å². The molecule has 0 heterocycles. The zero-order valence-electron chi connectivity index (χ0n) is 17.5. The summed E-state index contributed by atoms with van der Waals surface area (Å²) in [4.78, 5) is 28.0. The Balaban J connectivity index is 1.93. The van der Waals surface area contributed by atoms with Crippen LogP contribution in [0.4, 0.5) is 0 Å². The number of nitrogens with one attached hydrogen (secondary N) is 1. The van der Waals surface area contributed by atoms with E-state index in [1.54, 1.807) is 11.9 Å². The van der Waals surface area contributed by atoms with Gasteiger partial charge in [0.1, 0.15) is 6.04 Å². The highest BCUT2D eigenvalue weighted by Gasteiger charge is 2.29. The summed E-state index contributed by atoms with van der Waals surface area (Å²) in [5.41, 5.74) is 4.10. The first-order valence-corrected chi connectivity index (χ1v) is 10.2. The van der Waals surface area contributed by atoms with Crippen LogP contribution in [-0.4, -0.2) is 29.8 Å². The van der Waals surface area contributed by atoms with Crippen LogP contribution in [-0.2, 0) is 29.0 Å². The minimum atomic E-state index is -0.589. The van der Waals surface area contributed by atoms with Gasteiger partial charge < -0.3 is 10.2 Å². The lowest BCUT2D eigenvalue weighted by Gasteiger charge is -2.31. The molecule has 3 aromatic rings. The van der Waals surface area contributed by atoms with Crippen molar-refractivity contribution in [3.05, 3.63) is 107 Å². The predicted molar refractivity (Wildman–Crippen MR) is 120 cm³/mol. The smallest absolute Gasteiger partial charge is 0.242 e. The van der Waals surface area contributed by atoms with Gasteiger partial charge in [0.25, 0.3) is 0 Å².